The molecule has 1 amide bonds. The first-order valence-corrected chi connectivity index (χ1v) is 6.43. The SMILES string of the molecule is O=C(Nc1ccc(Br)c(F)c1)C1CCNCC1. The molecule has 1 fully saturated rings. The van der Waals surface area contributed by atoms with Crippen LogP contribution in [0.4, 0.5) is 10.1 Å². The molecule has 0 unspecified atom stereocenters. The number of hydrogen-bond acceptors (Lipinski definition) is 2. The second-order valence-electron chi connectivity index (χ2n) is 4.14. The summed E-state index contributed by atoms with van der Waals surface area (Å²) in [4.78, 5) is 11.9. The molecule has 1 saturated heterocycles. The van der Waals surface area contributed by atoms with Gasteiger partial charge in [0.05, 0.1) is 4.47 Å². The molecule has 1 aromatic carbocycles. The summed E-state index contributed by atoms with van der Waals surface area (Å²) < 4.78 is 13.7. The van der Waals surface area contributed by atoms with E-state index in [2.05, 4.69) is 26.6 Å². The molecule has 92 valence electrons. The fourth-order valence-electron chi connectivity index (χ4n) is 1.90. The van der Waals surface area contributed by atoms with Gasteiger partial charge in [0.1, 0.15) is 5.82 Å². The summed E-state index contributed by atoms with van der Waals surface area (Å²) in [5.74, 6) is -0.357. The third-order valence-electron chi connectivity index (χ3n) is 2.90. The predicted octanol–water partition coefficient (Wildman–Crippen LogP) is 2.53. The number of piperidine rings is 1. The first kappa shape index (κ1) is 12.5. The maximum absolute atomic E-state index is 13.3. The second-order valence-corrected chi connectivity index (χ2v) is 5.00. The third kappa shape index (κ3) is 3.26. The van der Waals surface area contributed by atoms with Crippen LogP contribution >= 0.6 is 15.9 Å². The highest BCUT2D eigenvalue weighted by Gasteiger charge is 2.20. The van der Waals surface area contributed by atoms with E-state index in [1.165, 1.54) is 6.07 Å². The predicted molar refractivity (Wildman–Crippen MR) is 68.3 cm³/mol. The third-order valence-corrected chi connectivity index (χ3v) is 3.54. The van der Waals surface area contributed by atoms with E-state index < -0.39 is 0 Å². The summed E-state index contributed by atoms with van der Waals surface area (Å²) in [5.41, 5.74) is 0.509. The van der Waals surface area contributed by atoms with Crippen LogP contribution in [0.2, 0.25) is 0 Å². The van der Waals surface area contributed by atoms with Crippen LogP contribution in [0, 0.1) is 11.7 Å². The van der Waals surface area contributed by atoms with E-state index in [1.807, 2.05) is 0 Å². The van der Waals surface area contributed by atoms with E-state index in [9.17, 15) is 9.18 Å². The molecular weight excluding hydrogens is 287 g/mol. The molecule has 2 rings (SSSR count). The zero-order valence-corrected chi connectivity index (χ0v) is 10.9. The summed E-state index contributed by atoms with van der Waals surface area (Å²) in [5, 5.41) is 5.96. The number of nitrogens with one attached hydrogen (secondary N) is 2. The molecule has 1 heterocycles. The number of rotatable bonds is 2. The van der Waals surface area contributed by atoms with Crippen molar-refractivity contribution in [3.63, 3.8) is 0 Å². The second kappa shape index (κ2) is 5.60. The maximum Gasteiger partial charge on any atom is 0.227 e. The molecule has 1 aliphatic rings. The van der Waals surface area contributed by atoms with Gasteiger partial charge in [0.25, 0.3) is 0 Å². The average molecular weight is 301 g/mol. The number of carbonyl (C=O) groups is 1. The fraction of sp³-hybridized carbons (Fsp3) is 0.417. The molecule has 17 heavy (non-hydrogen) atoms. The smallest absolute Gasteiger partial charge is 0.227 e. The number of carbonyl (C=O) groups excluding carboxylic acids is 1. The molecule has 0 saturated carbocycles. The molecule has 1 aliphatic heterocycles. The van der Waals surface area contributed by atoms with Gasteiger partial charge in [-0.3, -0.25) is 4.79 Å². The molecular formula is C12H14BrFN2O. The Labute approximate surface area is 108 Å². The molecule has 0 spiro atoms. The van der Waals surface area contributed by atoms with E-state index in [1.54, 1.807) is 12.1 Å². The molecule has 1 aromatic rings. The topological polar surface area (TPSA) is 41.1 Å². The van der Waals surface area contributed by atoms with Gasteiger partial charge >= 0.3 is 0 Å². The number of anilines is 1. The van der Waals surface area contributed by atoms with Crippen molar-refractivity contribution in [2.75, 3.05) is 18.4 Å². The summed E-state index contributed by atoms with van der Waals surface area (Å²) in [6.45, 7) is 1.74. The van der Waals surface area contributed by atoms with Crippen molar-refractivity contribution in [3.05, 3.63) is 28.5 Å². The zero-order valence-electron chi connectivity index (χ0n) is 9.30. The zero-order chi connectivity index (χ0) is 12.3. The molecule has 0 atom stereocenters. The fourth-order valence-corrected chi connectivity index (χ4v) is 2.15. The molecule has 3 nitrogen and oxygen atoms in total. The van der Waals surface area contributed by atoms with Gasteiger partial charge in [0.15, 0.2) is 0 Å². The lowest BCUT2D eigenvalue weighted by atomic mass is 9.97. The average Bonchev–Trinajstić information content (AvgIpc) is 2.35. The van der Waals surface area contributed by atoms with Crippen LogP contribution in [-0.4, -0.2) is 19.0 Å². The molecule has 5 heteroatoms. The Morgan fingerprint density at radius 2 is 2.12 bits per heavy atom. The summed E-state index contributed by atoms with van der Waals surface area (Å²) >= 11 is 3.08. The Balaban J connectivity index is 1.99. The summed E-state index contributed by atoms with van der Waals surface area (Å²) in [6, 6.07) is 4.60. The lowest BCUT2D eigenvalue weighted by Gasteiger charge is -2.21. The van der Waals surface area contributed by atoms with Crippen molar-refractivity contribution in [1.29, 1.82) is 0 Å². The Bertz CT molecular complexity index is 419. The molecule has 0 aromatic heterocycles. The Morgan fingerprint density at radius 1 is 1.41 bits per heavy atom. The highest BCUT2D eigenvalue weighted by atomic mass is 79.9. The summed E-state index contributed by atoms with van der Waals surface area (Å²) in [6.07, 6.45) is 1.68. The van der Waals surface area contributed by atoms with Crippen LogP contribution in [0.3, 0.4) is 0 Å². The number of hydrogen-bond donors (Lipinski definition) is 2. The normalized spacial score (nSPS) is 16.8. The largest absolute Gasteiger partial charge is 0.326 e. The van der Waals surface area contributed by atoms with Crippen molar-refractivity contribution in [3.8, 4) is 0 Å². The van der Waals surface area contributed by atoms with E-state index in [-0.39, 0.29) is 17.6 Å². The van der Waals surface area contributed by atoms with Gasteiger partial charge in [0.2, 0.25) is 5.91 Å². The minimum Gasteiger partial charge on any atom is -0.326 e. The van der Waals surface area contributed by atoms with Crippen LogP contribution in [0.15, 0.2) is 22.7 Å². The first-order valence-electron chi connectivity index (χ1n) is 5.63. The van der Waals surface area contributed by atoms with Gasteiger partial charge < -0.3 is 10.6 Å². The Hall–Kier alpha value is -0.940. The molecule has 0 radical (unpaired) electrons. The van der Waals surface area contributed by atoms with E-state index in [4.69, 9.17) is 0 Å². The highest BCUT2D eigenvalue weighted by Crippen LogP contribution is 2.21. The van der Waals surface area contributed by atoms with Gasteiger partial charge in [-0.1, -0.05) is 0 Å². The van der Waals surface area contributed by atoms with E-state index >= 15 is 0 Å². The number of amides is 1. The molecule has 0 aliphatic carbocycles. The minimum absolute atomic E-state index is 0.0202. The monoisotopic (exact) mass is 300 g/mol. The van der Waals surface area contributed by atoms with Crippen molar-refractivity contribution in [2.24, 2.45) is 5.92 Å². The Morgan fingerprint density at radius 3 is 2.76 bits per heavy atom. The highest BCUT2D eigenvalue weighted by molar-refractivity contribution is 9.10. The number of benzene rings is 1. The van der Waals surface area contributed by atoms with E-state index in [0.717, 1.165) is 25.9 Å². The van der Waals surface area contributed by atoms with E-state index in [0.29, 0.717) is 10.2 Å². The summed E-state index contributed by atoms with van der Waals surface area (Å²) in [7, 11) is 0. The van der Waals surface area contributed by atoms with Gasteiger partial charge in [-0.2, -0.15) is 0 Å². The lowest BCUT2D eigenvalue weighted by Crippen LogP contribution is -2.34. The van der Waals surface area contributed by atoms with Crippen molar-refractivity contribution in [1.82, 2.24) is 5.32 Å². The van der Waals surface area contributed by atoms with Crippen LogP contribution in [-0.2, 0) is 4.79 Å². The first-order chi connectivity index (χ1) is 8.16. The van der Waals surface area contributed by atoms with Crippen molar-refractivity contribution >= 4 is 27.5 Å². The standard InChI is InChI=1S/C12H14BrFN2O/c13-10-2-1-9(7-11(10)14)16-12(17)8-3-5-15-6-4-8/h1-2,7-8,15H,3-6H2,(H,16,17). The van der Waals surface area contributed by atoms with Gasteiger partial charge in [-0.25, -0.2) is 4.39 Å². The van der Waals surface area contributed by atoms with Crippen molar-refractivity contribution < 1.29 is 9.18 Å². The minimum atomic E-state index is -0.367. The van der Waals surface area contributed by atoms with Crippen LogP contribution in [0.1, 0.15) is 12.8 Å². The van der Waals surface area contributed by atoms with Gasteiger partial charge in [-0.15, -0.1) is 0 Å². The van der Waals surface area contributed by atoms with Gasteiger partial charge in [-0.05, 0) is 60.1 Å². The molecule has 2 N–H and O–H groups in total. The lowest BCUT2D eigenvalue weighted by molar-refractivity contribution is -0.120. The van der Waals surface area contributed by atoms with Crippen LogP contribution in [0.25, 0.3) is 0 Å². The Kier molecular flexibility index (Phi) is 4.12. The van der Waals surface area contributed by atoms with Crippen molar-refractivity contribution in [2.45, 2.75) is 12.8 Å². The number of halogens is 2. The van der Waals surface area contributed by atoms with Crippen LogP contribution in [0.5, 0.6) is 0 Å². The quantitative estimate of drug-likeness (QED) is 0.881. The van der Waals surface area contributed by atoms with Gasteiger partial charge in [0, 0.05) is 11.6 Å². The maximum atomic E-state index is 13.3. The van der Waals surface area contributed by atoms with Crippen LogP contribution < -0.4 is 10.6 Å². The molecule has 0 bridgehead atoms.